The SMILES string of the molecule is CCOCCOCC(CBr)C(C)C. The summed E-state index contributed by atoms with van der Waals surface area (Å²) in [5, 5.41) is 1.01. The molecule has 0 aromatic rings. The van der Waals surface area contributed by atoms with Gasteiger partial charge >= 0.3 is 0 Å². The van der Waals surface area contributed by atoms with Gasteiger partial charge in [0.1, 0.15) is 0 Å². The first-order chi connectivity index (χ1) is 6.22. The van der Waals surface area contributed by atoms with E-state index < -0.39 is 0 Å². The van der Waals surface area contributed by atoms with E-state index in [4.69, 9.17) is 9.47 Å². The minimum absolute atomic E-state index is 0.613. The molecule has 0 spiro atoms. The van der Waals surface area contributed by atoms with Gasteiger partial charge in [0, 0.05) is 11.9 Å². The highest BCUT2D eigenvalue weighted by molar-refractivity contribution is 9.09. The first-order valence-electron chi connectivity index (χ1n) is 4.93. The summed E-state index contributed by atoms with van der Waals surface area (Å²) in [4.78, 5) is 0. The van der Waals surface area contributed by atoms with E-state index in [1.165, 1.54) is 0 Å². The van der Waals surface area contributed by atoms with Crippen LogP contribution in [-0.4, -0.2) is 31.8 Å². The average molecular weight is 253 g/mol. The van der Waals surface area contributed by atoms with Gasteiger partial charge in [-0.05, 0) is 18.8 Å². The smallest absolute Gasteiger partial charge is 0.0700 e. The molecule has 0 amide bonds. The number of hydrogen-bond donors (Lipinski definition) is 0. The molecule has 0 fully saturated rings. The maximum absolute atomic E-state index is 5.50. The van der Waals surface area contributed by atoms with Crippen LogP contribution < -0.4 is 0 Å². The quantitative estimate of drug-likeness (QED) is 0.489. The van der Waals surface area contributed by atoms with Crippen LogP contribution in [0.4, 0.5) is 0 Å². The Morgan fingerprint density at radius 1 is 1.15 bits per heavy atom. The summed E-state index contributed by atoms with van der Waals surface area (Å²) in [7, 11) is 0. The Bertz CT molecular complexity index is 107. The highest BCUT2D eigenvalue weighted by Crippen LogP contribution is 2.13. The van der Waals surface area contributed by atoms with E-state index in [0.717, 1.165) is 18.5 Å². The molecule has 0 saturated heterocycles. The number of rotatable bonds is 8. The van der Waals surface area contributed by atoms with Crippen molar-refractivity contribution in [2.75, 3.05) is 31.8 Å². The molecule has 1 unspecified atom stereocenters. The number of ether oxygens (including phenoxy) is 2. The predicted molar refractivity (Wildman–Crippen MR) is 59.4 cm³/mol. The molecule has 0 aliphatic rings. The molecular weight excluding hydrogens is 232 g/mol. The first-order valence-corrected chi connectivity index (χ1v) is 6.06. The fraction of sp³-hybridized carbons (Fsp3) is 1.00. The summed E-state index contributed by atoms with van der Waals surface area (Å²) in [5.74, 6) is 1.29. The van der Waals surface area contributed by atoms with Crippen LogP contribution in [0.1, 0.15) is 20.8 Å². The van der Waals surface area contributed by atoms with E-state index >= 15 is 0 Å². The molecule has 3 heteroatoms. The Morgan fingerprint density at radius 3 is 2.23 bits per heavy atom. The fourth-order valence-corrected chi connectivity index (χ4v) is 1.85. The van der Waals surface area contributed by atoms with Gasteiger partial charge in [0.25, 0.3) is 0 Å². The molecule has 80 valence electrons. The zero-order chi connectivity index (χ0) is 10.1. The van der Waals surface area contributed by atoms with Gasteiger partial charge in [-0.2, -0.15) is 0 Å². The summed E-state index contributed by atoms with van der Waals surface area (Å²) < 4.78 is 10.7. The van der Waals surface area contributed by atoms with E-state index in [1.54, 1.807) is 0 Å². The molecule has 0 aromatic carbocycles. The fourth-order valence-electron chi connectivity index (χ4n) is 0.912. The van der Waals surface area contributed by atoms with Crippen LogP contribution in [0.5, 0.6) is 0 Å². The zero-order valence-corrected chi connectivity index (χ0v) is 10.5. The van der Waals surface area contributed by atoms with Crippen LogP contribution in [-0.2, 0) is 9.47 Å². The standard InChI is InChI=1S/C10H21BrO2/c1-4-12-5-6-13-8-10(7-11)9(2)3/h9-10H,4-8H2,1-3H3. The van der Waals surface area contributed by atoms with E-state index in [9.17, 15) is 0 Å². The summed E-state index contributed by atoms with van der Waals surface area (Å²) in [5.41, 5.74) is 0. The van der Waals surface area contributed by atoms with Crippen molar-refractivity contribution in [2.24, 2.45) is 11.8 Å². The molecular formula is C10H21BrO2. The average Bonchev–Trinajstić information content (AvgIpc) is 2.10. The highest BCUT2D eigenvalue weighted by Gasteiger charge is 2.11. The number of hydrogen-bond acceptors (Lipinski definition) is 2. The molecule has 0 heterocycles. The minimum Gasteiger partial charge on any atom is -0.379 e. The lowest BCUT2D eigenvalue weighted by molar-refractivity contribution is 0.0342. The topological polar surface area (TPSA) is 18.5 Å². The molecule has 0 aromatic heterocycles. The van der Waals surface area contributed by atoms with Gasteiger partial charge < -0.3 is 9.47 Å². The number of halogens is 1. The molecule has 0 saturated carbocycles. The maximum atomic E-state index is 5.50. The van der Waals surface area contributed by atoms with Crippen molar-refractivity contribution >= 4 is 15.9 Å². The molecule has 0 aliphatic heterocycles. The van der Waals surface area contributed by atoms with Gasteiger partial charge in [0.2, 0.25) is 0 Å². The first kappa shape index (κ1) is 13.4. The van der Waals surface area contributed by atoms with Crippen LogP contribution in [0.25, 0.3) is 0 Å². The van der Waals surface area contributed by atoms with Crippen LogP contribution in [0.2, 0.25) is 0 Å². The molecule has 13 heavy (non-hydrogen) atoms. The highest BCUT2D eigenvalue weighted by atomic mass is 79.9. The van der Waals surface area contributed by atoms with Crippen LogP contribution in [0.3, 0.4) is 0 Å². The van der Waals surface area contributed by atoms with Gasteiger partial charge in [-0.15, -0.1) is 0 Å². The van der Waals surface area contributed by atoms with E-state index in [-0.39, 0.29) is 0 Å². The van der Waals surface area contributed by atoms with Crippen LogP contribution in [0.15, 0.2) is 0 Å². The van der Waals surface area contributed by atoms with Gasteiger partial charge in [0.05, 0.1) is 19.8 Å². The van der Waals surface area contributed by atoms with Gasteiger partial charge in [0.15, 0.2) is 0 Å². The van der Waals surface area contributed by atoms with Gasteiger partial charge in [-0.25, -0.2) is 0 Å². The minimum atomic E-state index is 0.613. The van der Waals surface area contributed by atoms with E-state index in [1.807, 2.05) is 6.92 Å². The largest absolute Gasteiger partial charge is 0.379 e. The van der Waals surface area contributed by atoms with Crippen molar-refractivity contribution in [2.45, 2.75) is 20.8 Å². The lowest BCUT2D eigenvalue weighted by Gasteiger charge is -2.17. The monoisotopic (exact) mass is 252 g/mol. The zero-order valence-electron chi connectivity index (χ0n) is 8.88. The molecule has 0 rings (SSSR count). The van der Waals surface area contributed by atoms with Crippen LogP contribution >= 0.6 is 15.9 Å². The third-order valence-corrected chi connectivity index (χ3v) is 2.88. The molecule has 0 N–H and O–H groups in total. The second-order valence-corrected chi connectivity index (χ2v) is 4.08. The third-order valence-electron chi connectivity index (χ3n) is 2.05. The summed E-state index contributed by atoms with van der Waals surface area (Å²) >= 11 is 3.49. The van der Waals surface area contributed by atoms with Gasteiger partial charge in [-0.3, -0.25) is 0 Å². The lowest BCUT2D eigenvalue weighted by Crippen LogP contribution is -2.18. The predicted octanol–water partition coefficient (Wildman–Crippen LogP) is 2.71. The van der Waals surface area contributed by atoms with Crippen molar-refractivity contribution < 1.29 is 9.47 Å². The normalized spacial score (nSPS) is 13.6. The third kappa shape index (κ3) is 7.47. The van der Waals surface area contributed by atoms with Crippen molar-refractivity contribution in [3.05, 3.63) is 0 Å². The van der Waals surface area contributed by atoms with Crippen molar-refractivity contribution in [1.82, 2.24) is 0 Å². The van der Waals surface area contributed by atoms with Crippen molar-refractivity contribution in [1.29, 1.82) is 0 Å². The second kappa shape index (κ2) is 8.97. The Hall–Kier alpha value is 0.400. The summed E-state index contributed by atoms with van der Waals surface area (Å²) in [6, 6.07) is 0. The lowest BCUT2D eigenvalue weighted by atomic mass is 9.99. The Balaban J connectivity index is 3.28. The van der Waals surface area contributed by atoms with Gasteiger partial charge in [-0.1, -0.05) is 29.8 Å². The van der Waals surface area contributed by atoms with Crippen molar-refractivity contribution in [3.63, 3.8) is 0 Å². The summed E-state index contributed by atoms with van der Waals surface area (Å²) in [6.45, 7) is 9.46. The maximum Gasteiger partial charge on any atom is 0.0700 e. The van der Waals surface area contributed by atoms with E-state index in [0.29, 0.717) is 25.0 Å². The second-order valence-electron chi connectivity index (χ2n) is 3.43. The Kier molecular flexibility index (Phi) is 9.25. The number of alkyl halides is 1. The molecule has 1 atom stereocenters. The Morgan fingerprint density at radius 2 is 1.77 bits per heavy atom. The molecule has 2 nitrogen and oxygen atoms in total. The van der Waals surface area contributed by atoms with Crippen molar-refractivity contribution in [3.8, 4) is 0 Å². The molecule has 0 aliphatic carbocycles. The Labute approximate surface area is 90.1 Å². The van der Waals surface area contributed by atoms with E-state index in [2.05, 4.69) is 29.8 Å². The summed E-state index contributed by atoms with van der Waals surface area (Å²) in [6.07, 6.45) is 0. The molecule has 0 bridgehead atoms. The van der Waals surface area contributed by atoms with Crippen LogP contribution in [0, 0.1) is 11.8 Å². The molecule has 0 radical (unpaired) electrons.